The zero-order valence-electron chi connectivity index (χ0n) is 17.9. The minimum atomic E-state index is -4.36. The number of sulfonamides is 1. The molecular weight excluding hydrogens is 459 g/mol. The van der Waals surface area contributed by atoms with Crippen LogP contribution in [0.2, 0.25) is 0 Å². The van der Waals surface area contributed by atoms with Crippen molar-refractivity contribution in [3.63, 3.8) is 0 Å². The maximum atomic E-state index is 12.9. The summed E-state index contributed by atoms with van der Waals surface area (Å²) in [6.07, 6.45) is -1.01. The molecule has 2 aromatic heterocycles. The number of hydrogen-bond acceptors (Lipinski definition) is 5. The third-order valence-corrected chi connectivity index (χ3v) is 8.69. The van der Waals surface area contributed by atoms with E-state index in [1.807, 2.05) is 12.1 Å². The smallest absolute Gasteiger partial charge is 0.368 e. The number of carbonyl (C=O) groups excluding carboxylic acids is 1. The van der Waals surface area contributed by atoms with Crippen molar-refractivity contribution in [1.29, 1.82) is 0 Å². The van der Waals surface area contributed by atoms with Crippen LogP contribution in [0.3, 0.4) is 0 Å². The molecule has 2 saturated heterocycles. The van der Waals surface area contributed by atoms with E-state index in [1.165, 1.54) is 4.31 Å². The number of amides is 1. The molecule has 1 amide bonds. The van der Waals surface area contributed by atoms with Gasteiger partial charge in [-0.05, 0) is 38.2 Å². The number of alkyl halides is 3. The van der Waals surface area contributed by atoms with Crippen LogP contribution in [0.5, 0.6) is 0 Å². The van der Waals surface area contributed by atoms with Crippen molar-refractivity contribution in [2.24, 2.45) is 5.92 Å². The summed E-state index contributed by atoms with van der Waals surface area (Å²) in [7, 11) is -3.77. The maximum Gasteiger partial charge on any atom is 0.389 e. The van der Waals surface area contributed by atoms with E-state index in [2.05, 4.69) is 20.2 Å². The monoisotopic (exact) mass is 485 g/mol. The summed E-state index contributed by atoms with van der Waals surface area (Å²) in [6.45, 7) is 0.880. The number of carbonyl (C=O) groups is 1. The molecule has 0 spiro atoms. The number of rotatable bonds is 7. The SMILES string of the molecule is O=C(Nc1cc(N2CC3CCC(C2)N3S(=O)(=O)CCCC(F)(F)F)c2cc[nH]c2n1)C1CC1. The maximum absolute atomic E-state index is 12.9. The largest absolute Gasteiger partial charge is 0.389 e. The normalized spacial score (nSPS) is 23.9. The van der Waals surface area contributed by atoms with Gasteiger partial charge in [-0.3, -0.25) is 4.79 Å². The fourth-order valence-electron chi connectivity index (χ4n) is 4.99. The zero-order chi connectivity index (χ0) is 23.4. The Balaban J connectivity index is 1.35. The number of halogens is 3. The van der Waals surface area contributed by atoms with Gasteiger partial charge in [-0.15, -0.1) is 0 Å². The molecule has 5 rings (SSSR count). The van der Waals surface area contributed by atoms with Crippen molar-refractivity contribution < 1.29 is 26.4 Å². The second kappa shape index (κ2) is 8.15. The summed E-state index contributed by atoms with van der Waals surface area (Å²) in [5, 5.41) is 3.75. The number of nitrogens with zero attached hydrogens (tertiary/aromatic N) is 3. The summed E-state index contributed by atoms with van der Waals surface area (Å²) in [6, 6.07) is 3.15. The van der Waals surface area contributed by atoms with Gasteiger partial charge in [0.1, 0.15) is 11.5 Å². The fraction of sp³-hybridized carbons (Fsp3) is 0.619. The van der Waals surface area contributed by atoms with E-state index in [4.69, 9.17) is 0 Å². The van der Waals surface area contributed by atoms with Gasteiger partial charge in [-0.1, -0.05) is 0 Å². The van der Waals surface area contributed by atoms with Gasteiger partial charge in [0.2, 0.25) is 15.9 Å². The third-order valence-electron chi connectivity index (χ3n) is 6.65. The van der Waals surface area contributed by atoms with Gasteiger partial charge >= 0.3 is 6.18 Å². The van der Waals surface area contributed by atoms with Crippen molar-refractivity contribution in [1.82, 2.24) is 14.3 Å². The van der Waals surface area contributed by atoms with Crippen LogP contribution >= 0.6 is 0 Å². The Morgan fingerprint density at radius 1 is 1.18 bits per heavy atom. The molecule has 180 valence electrons. The summed E-state index contributed by atoms with van der Waals surface area (Å²) < 4.78 is 64.7. The lowest BCUT2D eigenvalue weighted by molar-refractivity contribution is -0.134. The van der Waals surface area contributed by atoms with Crippen LogP contribution in [0.1, 0.15) is 38.5 Å². The number of aromatic amines is 1. The molecule has 2 N–H and O–H groups in total. The van der Waals surface area contributed by atoms with E-state index in [9.17, 15) is 26.4 Å². The Labute approximate surface area is 189 Å². The molecule has 0 aromatic carbocycles. The van der Waals surface area contributed by atoms with E-state index < -0.39 is 34.8 Å². The van der Waals surface area contributed by atoms with Crippen LogP contribution in [0.15, 0.2) is 18.3 Å². The average molecular weight is 486 g/mol. The van der Waals surface area contributed by atoms with E-state index in [1.54, 1.807) is 6.20 Å². The highest BCUT2D eigenvalue weighted by Gasteiger charge is 2.46. The Bertz CT molecular complexity index is 1150. The highest BCUT2D eigenvalue weighted by Crippen LogP contribution is 2.38. The van der Waals surface area contributed by atoms with Crippen LogP contribution in [0, 0.1) is 5.92 Å². The highest BCUT2D eigenvalue weighted by molar-refractivity contribution is 7.89. The Kier molecular flexibility index (Phi) is 5.55. The molecule has 3 aliphatic rings. The lowest BCUT2D eigenvalue weighted by Crippen LogP contribution is -2.56. The van der Waals surface area contributed by atoms with Gasteiger partial charge in [0.25, 0.3) is 0 Å². The molecule has 0 radical (unpaired) electrons. The minimum Gasteiger partial charge on any atom is -0.368 e. The second-order valence-electron chi connectivity index (χ2n) is 9.18. The third kappa shape index (κ3) is 4.68. The van der Waals surface area contributed by atoms with Gasteiger partial charge < -0.3 is 15.2 Å². The average Bonchev–Trinajstić information content (AvgIpc) is 3.41. The van der Waals surface area contributed by atoms with Crippen molar-refractivity contribution in [2.45, 2.75) is 56.8 Å². The predicted molar refractivity (Wildman–Crippen MR) is 117 cm³/mol. The Morgan fingerprint density at radius 2 is 1.88 bits per heavy atom. The first kappa shape index (κ1) is 22.5. The molecule has 2 atom stereocenters. The Hall–Kier alpha value is -2.34. The minimum absolute atomic E-state index is 0.0385. The highest BCUT2D eigenvalue weighted by atomic mass is 32.2. The number of fused-ring (bicyclic) bond motifs is 3. The first-order chi connectivity index (χ1) is 15.6. The number of H-pyrrole nitrogens is 1. The predicted octanol–water partition coefficient (Wildman–Crippen LogP) is 3.24. The van der Waals surface area contributed by atoms with E-state index in [0.29, 0.717) is 37.4 Å². The van der Waals surface area contributed by atoms with Crippen molar-refractivity contribution in [3.05, 3.63) is 18.3 Å². The molecule has 1 aliphatic carbocycles. The van der Waals surface area contributed by atoms with E-state index in [-0.39, 0.29) is 23.9 Å². The first-order valence-corrected chi connectivity index (χ1v) is 12.8. The second-order valence-corrected chi connectivity index (χ2v) is 11.2. The molecule has 8 nitrogen and oxygen atoms in total. The van der Waals surface area contributed by atoms with E-state index >= 15 is 0 Å². The molecular formula is C21H26F3N5O3S. The number of nitrogens with one attached hydrogen (secondary N) is 2. The molecule has 3 fully saturated rings. The molecule has 2 aliphatic heterocycles. The molecule has 33 heavy (non-hydrogen) atoms. The van der Waals surface area contributed by atoms with E-state index in [0.717, 1.165) is 23.9 Å². The summed E-state index contributed by atoms with van der Waals surface area (Å²) in [5.41, 5.74) is 1.49. The zero-order valence-corrected chi connectivity index (χ0v) is 18.8. The van der Waals surface area contributed by atoms with Crippen LogP contribution in [0.25, 0.3) is 11.0 Å². The van der Waals surface area contributed by atoms with Crippen LogP contribution in [-0.2, 0) is 14.8 Å². The van der Waals surface area contributed by atoms with Gasteiger partial charge in [-0.25, -0.2) is 13.4 Å². The lowest BCUT2D eigenvalue weighted by Gasteiger charge is -2.41. The number of hydrogen-bond donors (Lipinski definition) is 2. The topological polar surface area (TPSA) is 98.4 Å². The summed E-state index contributed by atoms with van der Waals surface area (Å²) in [5.74, 6) is -0.0501. The van der Waals surface area contributed by atoms with Crippen molar-refractivity contribution in [3.8, 4) is 0 Å². The molecule has 4 heterocycles. The van der Waals surface area contributed by atoms with Crippen LogP contribution in [0.4, 0.5) is 24.7 Å². The molecule has 2 bridgehead atoms. The number of anilines is 2. The molecule has 12 heteroatoms. The van der Waals surface area contributed by atoms with Crippen LogP contribution < -0.4 is 10.2 Å². The molecule has 1 saturated carbocycles. The number of piperazine rings is 1. The number of pyridine rings is 1. The molecule has 2 aromatic rings. The summed E-state index contributed by atoms with van der Waals surface area (Å²) in [4.78, 5) is 21.9. The number of aromatic nitrogens is 2. The quantitative estimate of drug-likeness (QED) is 0.628. The lowest BCUT2D eigenvalue weighted by atomic mass is 10.1. The van der Waals surface area contributed by atoms with Gasteiger partial charge in [0, 0.05) is 55.2 Å². The van der Waals surface area contributed by atoms with Crippen LogP contribution in [-0.4, -0.2) is 65.7 Å². The first-order valence-electron chi connectivity index (χ1n) is 11.2. The Morgan fingerprint density at radius 3 is 2.52 bits per heavy atom. The standard InChI is InChI=1S/C21H26F3N5O3S/c22-21(23,24)7-1-9-33(31,32)29-14-4-5-15(29)12-28(11-14)17-10-18(27-20(30)13-2-3-13)26-19-16(17)6-8-25-19/h6,8,10,13-15H,1-5,7,9,11-12H2,(H2,25,26,27,30). The van der Waals surface area contributed by atoms with Crippen molar-refractivity contribution >= 4 is 38.5 Å². The van der Waals surface area contributed by atoms with Gasteiger partial charge in [0.05, 0.1) is 11.4 Å². The fourth-order valence-corrected chi connectivity index (χ4v) is 6.97. The summed E-state index contributed by atoms with van der Waals surface area (Å²) >= 11 is 0. The van der Waals surface area contributed by atoms with Gasteiger partial charge in [0.15, 0.2) is 0 Å². The van der Waals surface area contributed by atoms with Gasteiger partial charge in [-0.2, -0.15) is 17.5 Å². The molecule has 2 unspecified atom stereocenters. The van der Waals surface area contributed by atoms with Crippen molar-refractivity contribution in [2.75, 3.05) is 29.1 Å².